The Balaban J connectivity index is 2.04. The molecule has 0 saturated heterocycles. The van der Waals surface area contributed by atoms with Gasteiger partial charge in [0.25, 0.3) is 5.91 Å². The Hall–Kier alpha value is -2.73. The van der Waals surface area contributed by atoms with Crippen LogP contribution in [0.25, 0.3) is 0 Å². The number of anilines is 1. The van der Waals surface area contributed by atoms with Gasteiger partial charge in [-0.2, -0.15) is 0 Å². The largest absolute Gasteiger partial charge is 0.507 e. The Morgan fingerprint density at radius 1 is 1.17 bits per heavy atom. The molecule has 0 unspecified atom stereocenters. The van der Waals surface area contributed by atoms with Gasteiger partial charge in [0.1, 0.15) is 17.1 Å². The second-order valence-electron chi connectivity index (χ2n) is 5.24. The van der Waals surface area contributed by atoms with Crippen molar-refractivity contribution in [3.05, 3.63) is 52.0 Å². The normalized spacial score (nSPS) is 10.3. The third-order valence-corrected chi connectivity index (χ3v) is 3.74. The Morgan fingerprint density at radius 2 is 1.88 bits per heavy atom. The molecule has 6 nitrogen and oxygen atoms in total. The van der Waals surface area contributed by atoms with Crippen molar-refractivity contribution in [2.45, 2.75) is 13.8 Å². The maximum Gasteiger partial charge on any atom is 0.339 e. The second-order valence-corrected chi connectivity index (χ2v) is 5.65. The van der Waals surface area contributed by atoms with Gasteiger partial charge in [-0.25, -0.2) is 4.79 Å². The van der Waals surface area contributed by atoms with Crippen LogP contribution in [0.2, 0.25) is 5.02 Å². The van der Waals surface area contributed by atoms with Gasteiger partial charge in [0.05, 0.1) is 0 Å². The maximum absolute atomic E-state index is 11.9. The molecular formula is C17H16ClNO5. The first-order valence-electron chi connectivity index (χ1n) is 7.03. The van der Waals surface area contributed by atoms with E-state index in [0.717, 1.165) is 5.56 Å². The highest BCUT2D eigenvalue weighted by Gasteiger charge is 2.14. The van der Waals surface area contributed by atoms with Crippen molar-refractivity contribution in [3.8, 4) is 11.5 Å². The van der Waals surface area contributed by atoms with Crippen LogP contribution in [0.3, 0.4) is 0 Å². The SMILES string of the molecule is Cc1cc(OCC(=O)Nc2cc(C)c(O)c(C(=O)O)c2)ccc1Cl. The first kappa shape index (κ1) is 17.6. The number of amides is 1. The van der Waals surface area contributed by atoms with Crippen LogP contribution in [0.5, 0.6) is 11.5 Å². The standard InChI is InChI=1S/C17H16ClNO5/c1-9-6-12(3-4-14(9)18)24-8-15(20)19-11-5-10(2)16(21)13(7-11)17(22)23/h3-7,21H,8H2,1-2H3,(H,19,20)(H,22,23). The van der Waals surface area contributed by atoms with Crippen molar-refractivity contribution in [3.63, 3.8) is 0 Å². The summed E-state index contributed by atoms with van der Waals surface area (Å²) in [4.78, 5) is 23.0. The average molecular weight is 350 g/mol. The predicted molar refractivity (Wildman–Crippen MR) is 90.1 cm³/mol. The molecule has 1 amide bonds. The van der Waals surface area contributed by atoms with E-state index in [-0.39, 0.29) is 23.6 Å². The maximum atomic E-state index is 11.9. The first-order valence-corrected chi connectivity index (χ1v) is 7.41. The van der Waals surface area contributed by atoms with Gasteiger partial charge >= 0.3 is 5.97 Å². The van der Waals surface area contributed by atoms with Crippen molar-refractivity contribution in [1.29, 1.82) is 0 Å². The molecule has 24 heavy (non-hydrogen) atoms. The van der Waals surface area contributed by atoms with E-state index in [1.165, 1.54) is 12.1 Å². The topological polar surface area (TPSA) is 95.9 Å². The van der Waals surface area contributed by atoms with E-state index >= 15 is 0 Å². The molecule has 0 aliphatic heterocycles. The lowest BCUT2D eigenvalue weighted by atomic mass is 10.1. The summed E-state index contributed by atoms with van der Waals surface area (Å²) in [6, 6.07) is 7.70. The van der Waals surface area contributed by atoms with Gasteiger partial charge in [-0.05, 0) is 55.3 Å². The fraction of sp³-hybridized carbons (Fsp3) is 0.176. The van der Waals surface area contributed by atoms with Gasteiger partial charge in [-0.15, -0.1) is 0 Å². The van der Waals surface area contributed by atoms with Crippen LogP contribution in [0.15, 0.2) is 30.3 Å². The summed E-state index contributed by atoms with van der Waals surface area (Å²) in [6.07, 6.45) is 0. The van der Waals surface area contributed by atoms with Crippen molar-refractivity contribution in [1.82, 2.24) is 0 Å². The minimum absolute atomic E-state index is 0.247. The van der Waals surface area contributed by atoms with Crippen LogP contribution in [-0.2, 0) is 4.79 Å². The summed E-state index contributed by atoms with van der Waals surface area (Å²) < 4.78 is 5.37. The lowest BCUT2D eigenvalue weighted by molar-refractivity contribution is -0.118. The van der Waals surface area contributed by atoms with Gasteiger partial charge in [0.15, 0.2) is 6.61 Å². The zero-order valence-electron chi connectivity index (χ0n) is 13.1. The van der Waals surface area contributed by atoms with Crippen LogP contribution in [0, 0.1) is 13.8 Å². The minimum Gasteiger partial charge on any atom is -0.507 e. The molecule has 0 bridgehead atoms. The fourth-order valence-corrected chi connectivity index (χ4v) is 2.19. The summed E-state index contributed by atoms with van der Waals surface area (Å²) in [6.45, 7) is 3.12. The number of aryl methyl sites for hydroxylation is 2. The second kappa shape index (κ2) is 7.23. The molecule has 0 saturated carbocycles. The number of benzene rings is 2. The van der Waals surface area contributed by atoms with Crippen LogP contribution < -0.4 is 10.1 Å². The zero-order chi connectivity index (χ0) is 17.9. The number of phenols is 1. The lowest BCUT2D eigenvalue weighted by Gasteiger charge is -2.11. The number of nitrogens with one attached hydrogen (secondary N) is 1. The minimum atomic E-state index is -1.28. The van der Waals surface area contributed by atoms with Gasteiger partial charge in [-0.3, -0.25) is 4.79 Å². The Bertz CT molecular complexity index is 804. The van der Waals surface area contributed by atoms with E-state index in [1.54, 1.807) is 25.1 Å². The number of carbonyl (C=O) groups is 2. The van der Waals surface area contributed by atoms with Gasteiger partial charge < -0.3 is 20.3 Å². The molecule has 0 radical (unpaired) electrons. The highest BCUT2D eigenvalue weighted by atomic mass is 35.5. The molecule has 0 heterocycles. The van der Waals surface area contributed by atoms with Crippen molar-refractivity contribution in [2.75, 3.05) is 11.9 Å². The van der Waals surface area contributed by atoms with Gasteiger partial charge in [0.2, 0.25) is 0 Å². The van der Waals surface area contributed by atoms with Crippen LogP contribution in [0.4, 0.5) is 5.69 Å². The molecule has 0 aliphatic rings. The number of aromatic carboxylic acids is 1. The van der Waals surface area contributed by atoms with Crippen LogP contribution in [-0.4, -0.2) is 28.7 Å². The number of hydrogen-bond donors (Lipinski definition) is 3. The third-order valence-electron chi connectivity index (χ3n) is 3.31. The fourth-order valence-electron chi connectivity index (χ4n) is 2.07. The molecular weight excluding hydrogens is 334 g/mol. The smallest absolute Gasteiger partial charge is 0.339 e. The third kappa shape index (κ3) is 4.17. The number of carbonyl (C=O) groups excluding carboxylic acids is 1. The molecule has 7 heteroatoms. The van der Waals surface area contributed by atoms with E-state index in [4.69, 9.17) is 21.4 Å². The van der Waals surface area contributed by atoms with Gasteiger partial charge in [-0.1, -0.05) is 11.6 Å². The number of halogens is 1. The first-order chi connectivity index (χ1) is 11.3. The predicted octanol–water partition coefficient (Wildman–Crippen LogP) is 3.38. The van der Waals surface area contributed by atoms with Crippen LogP contribution >= 0.6 is 11.6 Å². The summed E-state index contributed by atoms with van der Waals surface area (Å²) >= 11 is 5.92. The zero-order valence-corrected chi connectivity index (χ0v) is 13.8. The summed E-state index contributed by atoms with van der Waals surface area (Å²) in [5.41, 5.74) is 1.16. The number of ether oxygens (including phenoxy) is 1. The Kier molecular flexibility index (Phi) is 5.31. The van der Waals surface area contributed by atoms with E-state index in [2.05, 4.69) is 5.32 Å². The summed E-state index contributed by atoms with van der Waals surface area (Å²) in [5.74, 6) is -1.56. The quantitative estimate of drug-likeness (QED) is 0.719. The molecule has 0 spiro atoms. The monoisotopic (exact) mass is 349 g/mol. The van der Waals surface area contributed by atoms with Crippen molar-refractivity contribution < 1.29 is 24.5 Å². The van der Waals surface area contributed by atoms with Crippen molar-refractivity contribution >= 4 is 29.2 Å². The molecule has 0 aliphatic carbocycles. The Labute approximate surface area is 143 Å². The number of rotatable bonds is 5. The van der Waals surface area contributed by atoms with E-state index in [1.807, 2.05) is 6.92 Å². The number of hydrogen-bond acceptors (Lipinski definition) is 4. The molecule has 2 aromatic carbocycles. The molecule has 2 aromatic rings. The highest BCUT2D eigenvalue weighted by Crippen LogP contribution is 2.26. The molecule has 0 atom stereocenters. The van der Waals surface area contributed by atoms with E-state index in [0.29, 0.717) is 16.3 Å². The summed E-state index contributed by atoms with van der Waals surface area (Å²) in [5, 5.41) is 21.9. The van der Waals surface area contributed by atoms with E-state index in [9.17, 15) is 14.7 Å². The number of carboxylic acid groups (broad SMARTS) is 1. The number of aromatic hydroxyl groups is 1. The molecule has 0 aromatic heterocycles. The summed E-state index contributed by atoms with van der Waals surface area (Å²) in [7, 11) is 0. The van der Waals surface area contributed by atoms with Crippen molar-refractivity contribution in [2.24, 2.45) is 0 Å². The van der Waals surface area contributed by atoms with Gasteiger partial charge in [0, 0.05) is 10.7 Å². The number of carboxylic acids is 1. The molecule has 0 fully saturated rings. The highest BCUT2D eigenvalue weighted by molar-refractivity contribution is 6.31. The average Bonchev–Trinajstić information content (AvgIpc) is 2.51. The van der Waals surface area contributed by atoms with E-state index < -0.39 is 11.9 Å². The molecule has 3 N–H and O–H groups in total. The molecule has 126 valence electrons. The molecule has 2 rings (SSSR count). The Morgan fingerprint density at radius 3 is 2.50 bits per heavy atom. The lowest BCUT2D eigenvalue weighted by Crippen LogP contribution is -2.20. The van der Waals surface area contributed by atoms with Crippen LogP contribution in [0.1, 0.15) is 21.5 Å².